The third-order valence-electron chi connectivity index (χ3n) is 4.54. The van der Waals surface area contributed by atoms with E-state index in [0.717, 1.165) is 12.8 Å². The first-order chi connectivity index (χ1) is 12.0. The van der Waals surface area contributed by atoms with Crippen LogP contribution in [0, 0.1) is 0 Å². The molecule has 25 heavy (non-hydrogen) atoms. The van der Waals surface area contributed by atoms with Crippen LogP contribution in [0.15, 0.2) is 29.3 Å². The van der Waals surface area contributed by atoms with Crippen LogP contribution >= 0.6 is 0 Å². The number of carbonyl (C=O) groups is 2. The summed E-state index contributed by atoms with van der Waals surface area (Å²) in [7, 11) is 1.62. The summed E-state index contributed by atoms with van der Waals surface area (Å²) in [5, 5.41) is 4.34. The van der Waals surface area contributed by atoms with E-state index < -0.39 is 11.7 Å². The minimum absolute atomic E-state index is 0.0479. The highest BCUT2D eigenvalue weighted by Crippen LogP contribution is 2.25. The van der Waals surface area contributed by atoms with Crippen LogP contribution in [0.25, 0.3) is 0 Å². The standard InChI is InChI=1S/C17H21N5O3/c1-3-22-15(19-20(2)17(22)25)13-7-5-9-21(11-13)16(24)14(23)12-6-4-8-18-10-12/h4,6,8,10,13H,3,5,7,9,11H2,1-2H3. The molecule has 0 aromatic carbocycles. The second-order valence-corrected chi connectivity index (χ2v) is 6.17. The molecule has 132 valence electrons. The van der Waals surface area contributed by atoms with Gasteiger partial charge < -0.3 is 4.90 Å². The fourth-order valence-electron chi connectivity index (χ4n) is 3.26. The van der Waals surface area contributed by atoms with Crippen LogP contribution in [0.2, 0.25) is 0 Å². The maximum absolute atomic E-state index is 12.6. The van der Waals surface area contributed by atoms with Crippen LogP contribution in [0.5, 0.6) is 0 Å². The molecule has 0 aliphatic carbocycles. The summed E-state index contributed by atoms with van der Waals surface area (Å²) < 4.78 is 2.95. The van der Waals surface area contributed by atoms with Crippen molar-refractivity contribution in [1.82, 2.24) is 24.2 Å². The molecule has 3 rings (SSSR count). The Morgan fingerprint density at radius 2 is 2.16 bits per heavy atom. The Balaban J connectivity index is 1.80. The summed E-state index contributed by atoms with van der Waals surface area (Å²) in [6, 6.07) is 3.22. The van der Waals surface area contributed by atoms with Crippen LogP contribution in [0.4, 0.5) is 0 Å². The molecule has 0 N–H and O–H groups in total. The summed E-state index contributed by atoms with van der Waals surface area (Å²) in [5.74, 6) is -0.448. The largest absolute Gasteiger partial charge is 0.345 e. The average molecular weight is 343 g/mol. The number of hydrogen-bond acceptors (Lipinski definition) is 5. The molecule has 1 fully saturated rings. The van der Waals surface area contributed by atoms with Gasteiger partial charge in [-0.15, -0.1) is 0 Å². The van der Waals surface area contributed by atoms with Gasteiger partial charge in [-0.25, -0.2) is 9.48 Å². The molecule has 3 heterocycles. The van der Waals surface area contributed by atoms with Gasteiger partial charge in [-0.3, -0.25) is 19.1 Å². The summed E-state index contributed by atoms with van der Waals surface area (Å²) in [6.45, 7) is 3.34. The van der Waals surface area contributed by atoms with Crippen LogP contribution in [-0.2, 0) is 18.4 Å². The third-order valence-corrected chi connectivity index (χ3v) is 4.54. The van der Waals surface area contributed by atoms with Crippen molar-refractivity contribution < 1.29 is 9.59 Å². The number of pyridine rings is 1. The monoisotopic (exact) mass is 343 g/mol. The van der Waals surface area contributed by atoms with Gasteiger partial charge in [0.15, 0.2) is 0 Å². The molecule has 2 aromatic rings. The van der Waals surface area contributed by atoms with Crippen molar-refractivity contribution in [2.45, 2.75) is 32.2 Å². The maximum atomic E-state index is 12.6. The zero-order chi connectivity index (χ0) is 18.0. The number of aromatic nitrogens is 4. The van der Waals surface area contributed by atoms with Crippen molar-refractivity contribution in [3.8, 4) is 0 Å². The predicted octanol–water partition coefficient (Wildman–Crippen LogP) is 0.586. The van der Waals surface area contributed by atoms with Gasteiger partial charge in [-0.2, -0.15) is 5.10 Å². The van der Waals surface area contributed by atoms with Crippen LogP contribution in [0.1, 0.15) is 41.9 Å². The van der Waals surface area contributed by atoms with Gasteiger partial charge in [-0.05, 0) is 31.9 Å². The lowest BCUT2D eigenvalue weighted by Gasteiger charge is -2.31. The molecule has 0 radical (unpaired) electrons. The molecule has 8 heteroatoms. The van der Waals surface area contributed by atoms with E-state index in [2.05, 4.69) is 10.1 Å². The predicted molar refractivity (Wildman–Crippen MR) is 90.3 cm³/mol. The first-order valence-corrected chi connectivity index (χ1v) is 8.40. The molecule has 1 aliphatic rings. The van der Waals surface area contributed by atoms with E-state index in [4.69, 9.17) is 0 Å². The van der Waals surface area contributed by atoms with Crippen LogP contribution in [-0.4, -0.2) is 49.0 Å². The fourth-order valence-corrected chi connectivity index (χ4v) is 3.26. The Kier molecular flexibility index (Phi) is 4.78. The highest BCUT2D eigenvalue weighted by atomic mass is 16.2. The SMILES string of the molecule is CCn1c(C2CCCN(C(=O)C(=O)c3cccnc3)C2)nn(C)c1=O. The van der Waals surface area contributed by atoms with Crippen LogP contribution < -0.4 is 5.69 Å². The van der Waals surface area contributed by atoms with Crippen molar-refractivity contribution >= 4 is 11.7 Å². The number of carbonyl (C=O) groups excluding carboxylic acids is 2. The number of nitrogens with zero attached hydrogens (tertiary/aromatic N) is 5. The van der Waals surface area contributed by atoms with E-state index in [0.29, 0.717) is 25.5 Å². The van der Waals surface area contributed by atoms with Gasteiger partial charge in [0.2, 0.25) is 0 Å². The smallest absolute Gasteiger partial charge is 0.335 e. The summed E-state index contributed by atoms with van der Waals surface area (Å²) >= 11 is 0. The quantitative estimate of drug-likeness (QED) is 0.598. The van der Waals surface area contributed by atoms with E-state index in [1.807, 2.05) is 6.92 Å². The maximum Gasteiger partial charge on any atom is 0.345 e. The molecule has 1 aliphatic heterocycles. The van der Waals surface area contributed by atoms with Gasteiger partial charge >= 0.3 is 5.69 Å². The Morgan fingerprint density at radius 1 is 1.36 bits per heavy atom. The summed E-state index contributed by atoms with van der Waals surface area (Å²) in [5.41, 5.74) is 0.130. The third kappa shape index (κ3) is 3.24. The fraction of sp³-hybridized carbons (Fsp3) is 0.471. The molecular weight excluding hydrogens is 322 g/mol. The van der Waals surface area contributed by atoms with Gasteiger partial charge in [0.05, 0.1) is 0 Å². The number of Topliss-reactive ketones (excluding diaryl/α,β-unsaturated/α-hetero) is 1. The van der Waals surface area contributed by atoms with E-state index in [-0.39, 0.29) is 17.2 Å². The van der Waals surface area contributed by atoms with Gasteiger partial charge in [-0.1, -0.05) is 0 Å². The van der Waals surface area contributed by atoms with Crippen molar-refractivity contribution in [3.63, 3.8) is 0 Å². The lowest BCUT2D eigenvalue weighted by Crippen LogP contribution is -2.43. The van der Waals surface area contributed by atoms with E-state index in [1.54, 1.807) is 34.8 Å². The Morgan fingerprint density at radius 3 is 2.84 bits per heavy atom. The Hall–Kier alpha value is -2.77. The van der Waals surface area contributed by atoms with Gasteiger partial charge in [0.25, 0.3) is 11.7 Å². The molecule has 1 unspecified atom stereocenters. The number of piperidine rings is 1. The second kappa shape index (κ2) is 7.00. The Bertz CT molecular complexity index is 840. The lowest BCUT2D eigenvalue weighted by molar-refractivity contribution is -0.127. The molecule has 0 saturated carbocycles. The first-order valence-electron chi connectivity index (χ1n) is 8.40. The molecule has 0 bridgehead atoms. The average Bonchev–Trinajstić information content (AvgIpc) is 2.95. The zero-order valence-corrected chi connectivity index (χ0v) is 14.4. The highest BCUT2D eigenvalue weighted by Gasteiger charge is 2.31. The van der Waals surface area contributed by atoms with E-state index in [9.17, 15) is 14.4 Å². The minimum Gasteiger partial charge on any atom is -0.335 e. The summed E-state index contributed by atoms with van der Waals surface area (Å²) in [6.07, 6.45) is 4.56. The molecule has 2 aromatic heterocycles. The van der Waals surface area contributed by atoms with E-state index in [1.165, 1.54) is 10.9 Å². The number of likely N-dealkylation sites (tertiary alicyclic amines) is 1. The molecule has 0 spiro atoms. The lowest BCUT2D eigenvalue weighted by atomic mass is 9.96. The topological polar surface area (TPSA) is 90.1 Å². The summed E-state index contributed by atoms with van der Waals surface area (Å²) in [4.78, 5) is 42.5. The molecule has 1 saturated heterocycles. The number of ketones is 1. The normalized spacial score (nSPS) is 17.5. The minimum atomic E-state index is -0.553. The zero-order valence-electron chi connectivity index (χ0n) is 14.4. The van der Waals surface area contributed by atoms with Crippen molar-refractivity contribution in [3.05, 3.63) is 46.4 Å². The van der Waals surface area contributed by atoms with Gasteiger partial charge in [0, 0.05) is 50.6 Å². The number of rotatable bonds is 4. The Labute approximate surface area is 145 Å². The molecule has 1 amide bonds. The number of amides is 1. The van der Waals surface area contributed by atoms with Crippen molar-refractivity contribution in [1.29, 1.82) is 0 Å². The number of hydrogen-bond donors (Lipinski definition) is 0. The van der Waals surface area contributed by atoms with Gasteiger partial charge in [0.1, 0.15) is 5.82 Å². The number of aryl methyl sites for hydroxylation is 1. The highest BCUT2D eigenvalue weighted by molar-refractivity contribution is 6.42. The van der Waals surface area contributed by atoms with E-state index >= 15 is 0 Å². The molecule has 8 nitrogen and oxygen atoms in total. The van der Waals surface area contributed by atoms with Crippen LogP contribution in [0.3, 0.4) is 0 Å². The molecule has 1 atom stereocenters. The first kappa shape index (κ1) is 17.1. The molecular formula is C17H21N5O3. The van der Waals surface area contributed by atoms with Crippen molar-refractivity contribution in [2.24, 2.45) is 7.05 Å². The second-order valence-electron chi connectivity index (χ2n) is 6.17. The van der Waals surface area contributed by atoms with Crippen molar-refractivity contribution in [2.75, 3.05) is 13.1 Å².